The van der Waals surface area contributed by atoms with Gasteiger partial charge in [-0.3, -0.25) is 4.79 Å². The van der Waals surface area contributed by atoms with E-state index in [0.717, 1.165) is 5.39 Å². The van der Waals surface area contributed by atoms with E-state index >= 15 is 0 Å². The molecule has 7 heteroatoms. The standard InChI is InChI=1S/C19H16ClNO5/c1-11(19(23)21-13-5-7-16(24-2)15(20)9-13)25-14-6-3-12-4-8-18(22)26-17(12)10-14/h3-11H,1-2H3,(H,21,23)/t11-/m0/s1. The molecule has 0 fully saturated rings. The number of rotatable bonds is 5. The van der Waals surface area contributed by atoms with Crippen LogP contribution in [0.4, 0.5) is 5.69 Å². The number of halogens is 1. The van der Waals surface area contributed by atoms with Gasteiger partial charge in [0.15, 0.2) is 6.10 Å². The smallest absolute Gasteiger partial charge is 0.336 e. The summed E-state index contributed by atoms with van der Waals surface area (Å²) in [4.78, 5) is 23.6. The van der Waals surface area contributed by atoms with E-state index in [2.05, 4.69) is 5.32 Å². The van der Waals surface area contributed by atoms with Gasteiger partial charge in [-0.25, -0.2) is 4.79 Å². The predicted molar refractivity (Wildman–Crippen MR) is 99.2 cm³/mol. The molecule has 1 amide bonds. The molecule has 3 aromatic rings. The molecule has 0 spiro atoms. The van der Waals surface area contributed by atoms with E-state index in [9.17, 15) is 9.59 Å². The summed E-state index contributed by atoms with van der Waals surface area (Å²) in [6.07, 6.45) is -0.774. The van der Waals surface area contributed by atoms with Crippen LogP contribution in [0.25, 0.3) is 11.0 Å². The van der Waals surface area contributed by atoms with Gasteiger partial charge in [0, 0.05) is 23.2 Å². The van der Waals surface area contributed by atoms with Crippen LogP contribution in [0.15, 0.2) is 57.7 Å². The Labute approximate surface area is 154 Å². The topological polar surface area (TPSA) is 77.8 Å². The van der Waals surface area contributed by atoms with E-state index in [1.807, 2.05) is 0 Å². The molecule has 0 unspecified atom stereocenters. The summed E-state index contributed by atoms with van der Waals surface area (Å²) in [5.74, 6) is 0.592. The number of fused-ring (bicyclic) bond motifs is 1. The number of ether oxygens (including phenoxy) is 2. The third-order valence-electron chi connectivity index (χ3n) is 3.70. The van der Waals surface area contributed by atoms with Crippen molar-refractivity contribution in [3.05, 3.63) is 64.0 Å². The molecule has 0 aliphatic rings. The van der Waals surface area contributed by atoms with Crippen molar-refractivity contribution < 1.29 is 18.7 Å². The molecule has 0 saturated carbocycles. The van der Waals surface area contributed by atoms with Crippen LogP contribution >= 0.6 is 11.6 Å². The lowest BCUT2D eigenvalue weighted by atomic mass is 10.2. The molecule has 0 aliphatic carbocycles. The number of carbonyl (C=O) groups is 1. The van der Waals surface area contributed by atoms with Gasteiger partial charge in [-0.1, -0.05) is 11.6 Å². The Morgan fingerprint density at radius 2 is 1.92 bits per heavy atom. The molecule has 3 rings (SSSR count). The van der Waals surface area contributed by atoms with Crippen LogP contribution in [-0.2, 0) is 4.79 Å². The largest absolute Gasteiger partial charge is 0.495 e. The van der Waals surface area contributed by atoms with Gasteiger partial charge in [-0.15, -0.1) is 0 Å². The third-order valence-corrected chi connectivity index (χ3v) is 3.99. The van der Waals surface area contributed by atoms with Gasteiger partial charge in [0.25, 0.3) is 5.91 Å². The summed E-state index contributed by atoms with van der Waals surface area (Å²) in [6, 6.07) is 13.0. The number of hydrogen-bond acceptors (Lipinski definition) is 5. The van der Waals surface area contributed by atoms with Crippen LogP contribution in [0.2, 0.25) is 5.02 Å². The summed E-state index contributed by atoms with van der Waals surface area (Å²) in [7, 11) is 1.51. The van der Waals surface area contributed by atoms with E-state index < -0.39 is 11.7 Å². The highest BCUT2D eigenvalue weighted by Gasteiger charge is 2.16. The maximum absolute atomic E-state index is 12.3. The number of methoxy groups -OCH3 is 1. The van der Waals surface area contributed by atoms with Gasteiger partial charge < -0.3 is 19.2 Å². The Kier molecular flexibility index (Phi) is 5.14. The van der Waals surface area contributed by atoms with Crippen molar-refractivity contribution in [3.63, 3.8) is 0 Å². The fourth-order valence-electron chi connectivity index (χ4n) is 2.36. The molecule has 1 aromatic heterocycles. The summed E-state index contributed by atoms with van der Waals surface area (Å²) >= 11 is 6.05. The van der Waals surface area contributed by atoms with Gasteiger partial charge in [-0.05, 0) is 43.3 Å². The van der Waals surface area contributed by atoms with Gasteiger partial charge in [0.2, 0.25) is 0 Å². The molecule has 1 N–H and O–H groups in total. The Balaban J connectivity index is 1.71. The zero-order chi connectivity index (χ0) is 18.7. The summed E-state index contributed by atoms with van der Waals surface area (Å²) in [5.41, 5.74) is 0.474. The van der Waals surface area contributed by atoms with Crippen molar-refractivity contribution in [1.29, 1.82) is 0 Å². The second-order valence-electron chi connectivity index (χ2n) is 5.55. The number of carbonyl (C=O) groups excluding carboxylic acids is 1. The van der Waals surface area contributed by atoms with Crippen LogP contribution < -0.4 is 20.4 Å². The van der Waals surface area contributed by atoms with Crippen LogP contribution in [0.5, 0.6) is 11.5 Å². The quantitative estimate of drug-likeness (QED) is 0.687. The molecular formula is C19H16ClNO5. The number of amides is 1. The van der Waals surface area contributed by atoms with Crippen molar-refractivity contribution in [2.75, 3.05) is 12.4 Å². The lowest BCUT2D eigenvalue weighted by Gasteiger charge is -2.15. The molecule has 1 heterocycles. The lowest BCUT2D eigenvalue weighted by molar-refractivity contribution is -0.122. The zero-order valence-corrected chi connectivity index (χ0v) is 14.9. The average Bonchev–Trinajstić information content (AvgIpc) is 2.61. The van der Waals surface area contributed by atoms with E-state index in [1.165, 1.54) is 13.2 Å². The number of nitrogens with one attached hydrogen (secondary N) is 1. The molecule has 6 nitrogen and oxygen atoms in total. The summed E-state index contributed by atoms with van der Waals surface area (Å²) in [5, 5.41) is 3.88. The highest BCUT2D eigenvalue weighted by molar-refractivity contribution is 6.32. The average molecular weight is 374 g/mol. The van der Waals surface area contributed by atoms with Gasteiger partial charge >= 0.3 is 5.63 Å². The first-order valence-corrected chi connectivity index (χ1v) is 8.19. The fraction of sp³-hybridized carbons (Fsp3) is 0.158. The molecule has 2 aromatic carbocycles. The fourth-order valence-corrected chi connectivity index (χ4v) is 2.62. The molecule has 0 aliphatic heterocycles. The number of benzene rings is 2. The number of anilines is 1. The van der Waals surface area contributed by atoms with Crippen LogP contribution in [0, 0.1) is 0 Å². The monoisotopic (exact) mass is 373 g/mol. The lowest BCUT2D eigenvalue weighted by Crippen LogP contribution is -2.30. The van der Waals surface area contributed by atoms with Gasteiger partial charge in [0.1, 0.15) is 17.1 Å². The maximum Gasteiger partial charge on any atom is 0.336 e. The molecule has 0 saturated heterocycles. The van der Waals surface area contributed by atoms with Gasteiger partial charge in [-0.2, -0.15) is 0 Å². The molecule has 134 valence electrons. The highest BCUT2D eigenvalue weighted by atomic mass is 35.5. The van der Waals surface area contributed by atoms with E-state index in [0.29, 0.717) is 27.8 Å². The normalized spacial score (nSPS) is 11.8. The van der Waals surface area contributed by atoms with Crippen molar-refractivity contribution in [2.45, 2.75) is 13.0 Å². The van der Waals surface area contributed by atoms with E-state index in [-0.39, 0.29) is 5.91 Å². The predicted octanol–water partition coefficient (Wildman–Crippen LogP) is 3.86. The van der Waals surface area contributed by atoms with Crippen LogP contribution in [0.1, 0.15) is 6.92 Å². The minimum atomic E-state index is -0.774. The Morgan fingerprint density at radius 3 is 2.65 bits per heavy atom. The van der Waals surface area contributed by atoms with Crippen LogP contribution in [-0.4, -0.2) is 19.1 Å². The molecule has 0 bridgehead atoms. The first kappa shape index (κ1) is 17.8. The maximum atomic E-state index is 12.3. The van der Waals surface area contributed by atoms with Crippen molar-refractivity contribution in [3.8, 4) is 11.5 Å². The molecular weight excluding hydrogens is 358 g/mol. The Morgan fingerprint density at radius 1 is 1.15 bits per heavy atom. The van der Waals surface area contributed by atoms with E-state index in [1.54, 1.807) is 49.4 Å². The van der Waals surface area contributed by atoms with E-state index in [4.69, 9.17) is 25.5 Å². The van der Waals surface area contributed by atoms with Crippen molar-refractivity contribution >= 4 is 34.2 Å². The Bertz CT molecular complexity index is 1010. The first-order chi connectivity index (χ1) is 12.5. The SMILES string of the molecule is COc1ccc(NC(=O)[C@H](C)Oc2ccc3ccc(=O)oc3c2)cc1Cl. The second-order valence-corrected chi connectivity index (χ2v) is 5.96. The van der Waals surface area contributed by atoms with Crippen molar-refractivity contribution in [1.82, 2.24) is 0 Å². The number of hydrogen-bond donors (Lipinski definition) is 1. The zero-order valence-electron chi connectivity index (χ0n) is 14.1. The second kappa shape index (κ2) is 7.49. The highest BCUT2D eigenvalue weighted by Crippen LogP contribution is 2.27. The minimum absolute atomic E-state index is 0.346. The van der Waals surface area contributed by atoms with Gasteiger partial charge in [0.05, 0.1) is 12.1 Å². The van der Waals surface area contributed by atoms with Crippen LogP contribution in [0.3, 0.4) is 0 Å². The molecule has 26 heavy (non-hydrogen) atoms. The Hall–Kier alpha value is -2.99. The van der Waals surface area contributed by atoms with Crippen molar-refractivity contribution in [2.24, 2.45) is 0 Å². The minimum Gasteiger partial charge on any atom is -0.495 e. The molecule has 0 radical (unpaired) electrons. The molecule has 1 atom stereocenters. The third kappa shape index (κ3) is 3.97. The summed E-state index contributed by atoms with van der Waals surface area (Å²) in [6.45, 7) is 1.62. The first-order valence-electron chi connectivity index (χ1n) is 7.81. The summed E-state index contributed by atoms with van der Waals surface area (Å²) < 4.78 is 15.8.